The van der Waals surface area contributed by atoms with E-state index in [0.29, 0.717) is 39.8 Å². The van der Waals surface area contributed by atoms with Crippen LogP contribution >= 0.6 is 11.6 Å². The number of aromatic nitrogens is 1. The lowest BCUT2D eigenvalue weighted by molar-refractivity contribution is -0.128. The number of hydrogen-bond acceptors (Lipinski definition) is 5. The summed E-state index contributed by atoms with van der Waals surface area (Å²) < 4.78 is 20.9. The Balaban J connectivity index is 0.00000370. The van der Waals surface area contributed by atoms with Crippen LogP contribution in [-0.4, -0.2) is 47.8 Å². The van der Waals surface area contributed by atoms with Crippen molar-refractivity contribution in [3.8, 4) is 28.3 Å². The SMILES string of the molecule is C.C=C1N(C)C=C(C(=O)Nc2cccc(-c3c(F)ccc(-c4cc5c(c(OC)n4)CCC5)c3Cl)c2C)C(=O)N1C. The molecule has 1 aliphatic carbocycles. The number of halogens is 2. The number of carbonyl (C=O) groups excluding carboxylic acids is 2. The first-order valence-electron chi connectivity index (χ1n) is 12.5. The van der Waals surface area contributed by atoms with Gasteiger partial charge in [-0.15, -0.1) is 0 Å². The van der Waals surface area contributed by atoms with Crippen LogP contribution < -0.4 is 10.1 Å². The number of nitrogens with zero attached hydrogens (tertiary/aromatic N) is 3. The number of carbonyl (C=O) groups is 2. The number of pyridine rings is 1. The van der Waals surface area contributed by atoms with Crippen LogP contribution in [0.2, 0.25) is 5.02 Å². The zero-order chi connectivity index (χ0) is 28.0. The maximum atomic E-state index is 15.3. The van der Waals surface area contributed by atoms with E-state index in [1.807, 2.05) is 6.07 Å². The molecule has 2 heterocycles. The Morgan fingerprint density at radius 1 is 1.18 bits per heavy atom. The average Bonchev–Trinajstić information content (AvgIpc) is 3.40. The normalized spacial score (nSPS) is 14.5. The van der Waals surface area contributed by atoms with E-state index >= 15 is 4.39 Å². The van der Waals surface area contributed by atoms with Crippen molar-refractivity contribution in [2.45, 2.75) is 33.6 Å². The standard InChI is InChI=1S/C30H28ClFN4O3.CH4/c1-16-19(9-7-11-24(16)33-28(37)22-15-35(3)17(2)36(4)30(22)38)26-23(32)13-12-21(27(26)31)25-14-18-8-6-10-20(18)29(34-25)39-5;/h7,9,11-15H,2,6,8,10H2,1,3-5H3,(H,33,37);1H4. The lowest BCUT2D eigenvalue weighted by atomic mass is 9.95. The molecule has 0 saturated heterocycles. The predicted molar refractivity (Wildman–Crippen MR) is 157 cm³/mol. The van der Waals surface area contributed by atoms with E-state index in [1.54, 1.807) is 57.3 Å². The quantitative estimate of drug-likeness (QED) is 0.367. The molecule has 2 amide bonds. The summed E-state index contributed by atoms with van der Waals surface area (Å²) in [4.78, 5) is 33.4. The van der Waals surface area contributed by atoms with Crippen LogP contribution in [0.1, 0.15) is 30.5 Å². The number of aryl methyl sites for hydroxylation is 1. The highest BCUT2D eigenvalue weighted by Gasteiger charge is 2.30. The molecule has 0 bridgehead atoms. The van der Waals surface area contributed by atoms with E-state index in [9.17, 15) is 9.59 Å². The summed E-state index contributed by atoms with van der Waals surface area (Å²) >= 11 is 6.87. The van der Waals surface area contributed by atoms with Crippen molar-refractivity contribution in [1.29, 1.82) is 0 Å². The fraction of sp³-hybridized carbons (Fsp3) is 0.258. The summed E-state index contributed by atoms with van der Waals surface area (Å²) in [6.45, 7) is 5.60. The molecule has 0 spiro atoms. The van der Waals surface area contributed by atoms with Crippen molar-refractivity contribution >= 4 is 29.1 Å². The number of likely N-dealkylation sites (N-methyl/N-ethyl adjacent to an activating group) is 1. The maximum Gasteiger partial charge on any atom is 0.266 e. The lowest BCUT2D eigenvalue weighted by Gasteiger charge is -2.31. The third-order valence-corrected chi connectivity index (χ3v) is 7.75. The predicted octanol–water partition coefficient (Wildman–Crippen LogP) is 6.35. The minimum atomic E-state index is -0.582. The summed E-state index contributed by atoms with van der Waals surface area (Å²) in [7, 11) is 4.85. The van der Waals surface area contributed by atoms with Crippen LogP contribution in [0.5, 0.6) is 5.88 Å². The molecule has 2 aliphatic rings. The molecule has 0 saturated carbocycles. The van der Waals surface area contributed by atoms with Gasteiger partial charge in [-0.1, -0.05) is 37.7 Å². The number of hydrogen-bond donors (Lipinski definition) is 1. The van der Waals surface area contributed by atoms with Crippen molar-refractivity contribution in [3.63, 3.8) is 0 Å². The van der Waals surface area contributed by atoms with Gasteiger partial charge in [-0.3, -0.25) is 14.5 Å². The van der Waals surface area contributed by atoms with Gasteiger partial charge in [-0.05, 0) is 67.1 Å². The van der Waals surface area contributed by atoms with Crippen LogP contribution in [0, 0.1) is 12.7 Å². The first kappa shape index (κ1) is 28.8. The largest absolute Gasteiger partial charge is 0.481 e. The minimum Gasteiger partial charge on any atom is -0.481 e. The molecular weight excluding hydrogens is 531 g/mol. The van der Waals surface area contributed by atoms with Crippen molar-refractivity contribution in [3.05, 3.63) is 88.1 Å². The smallest absolute Gasteiger partial charge is 0.266 e. The third kappa shape index (κ3) is 4.84. The third-order valence-electron chi connectivity index (χ3n) is 7.36. The fourth-order valence-corrected chi connectivity index (χ4v) is 5.45. The average molecular weight is 563 g/mol. The number of anilines is 1. The van der Waals surface area contributed by atoms with Gasteiger partial charge >= 0.3 is 0 Å². The van der Waals surface area contributed by atoms with Gasteiger partial charge in [-0.2, -0.15) is 0 Å². The molecule has 1 aromatic heterocycles. The van der Waals surface area contributed by atoms with E-state index in [4.69, 9.17) is 16.3 Å². The Labute approximate surface area is 238 Å². The Hall–Kier alpha value is -4.17. The fourth-order valence-electron chi connectivity index (χ4n) is 5.09. The molecule has 3 aromatic rings. The first-order chi connectivity index (χ1) is 18.6. The molecule has 1 N–H and O–H groups in total. The summed E-state index contributed by atoms with van der Waals surface area (Å²) in [5.41, 5.74) is 5.15. The Bertz CT molecular complexity index is 1580. The van der Waals surface area contributed by atoms with Gasteiger partial charge in [0.2, 0.25) is 5.88 Å². The van der Waals surface area contributed by atoms with Gasteiger partial charge in [0, 0.05) is 42.7 Å². The zero-order valence-corrected chi connectivity index (χ0v) is 22.9. The van der Waals surface area contributed by atoms with E-state index in [-0.39, 0.29) is 23.6 Å². The Morgan fingerprint density at radius 3 is 2.65 bits per heavy atom. The van der Waals surface area contributed by atoms with E-state index in [0.717, 1.165) is 30.4 Å². The number of nitrogens with one attached hydrogen (secondary N) is 1. The van der Waals surface area contributed by atoms with Crippen molar-refractivity contribution in [2.24, 2.45) is 0 Å². The van der Waals surface area contributed by atoms with Crippen LogP contribution in [0.25, 0.3) is 22.4 Å². The Kier molecular flexibility index (Phi) is 8.03. The van der Waals surface area contributed by atoms with E-state index in [1.165, 1.54) is 17.2 Å². The summed E-state index contributed by atoms with van der Waals surface area (Å²) in [6, 6.07) is 10.1. The molecular formula is C31H32ClFN4O3. The highest BCUT2D eigenvalue weighted by molar-refractivity contribution is 6.36. The van der Waals surface area contributed by atoms with E-state index < -0.39 is 17.6 Å². The highest BCUT2D eigenvalue weighted by Crippen LogP contribution is 2.42. The zero-order valence-electron chi connectivity index (χ0n) is 22.2. The lowest BCUT2D eigenvalue weighted by Crippen LogP contribution is -2.41. The molecule has 9 heteroatoms. The molecule has 1 aliphatic heterocycles. The molecule has 40 heavy (non-hydrogen) atoms. The number of methoxy groups -OCH3 is 1. The van der Waals surface area contributed by atoms with Crippen LogP contribution in [0.3, 0.4) is 0 Å². The second-order valence-electron chi connectivity index (χ2n) is 9.66. The first-order valence-corrected chi connectivity index (χ1v) is 12.9. The number of fused-ring (bicyclic) bond motifs is 1. The second-order valence-corrected chi connectivity index (χ2v) is 10.0. The van der Waals surface area contributed by atoms with Crippen molar-refractivity contribution in [2.75, 3.05) is 26.5 Å². The molecule has 5 rings (SSSR count). The van der Waals surface area contributed by atoms with Gasteiger partial charge < -0.3 is 15.0 Å². The van der Waals surface area contributed by atoms with Crippen molar-refractivity contribution < 1.29 is 18.7 Å². The molecule has 208 valence electrons. The van der Waals surface area contributed by atoms with E-state index in [2.05, 4.69) is 16.9 Å². The van der Waals surface area contributed by atoms with Crippen LogP contribution in [0.15, 0.2) is 60.6 Å². The van der Waals surface area contributed by atoms with Gasteiger partial charge in [0.1, 0.15) is 17.2 Å². The maximum absolute atomic E-state index is 15.3. The molecule has 0 radical (unpaired) electrons. The minimum absolute atomic E-state index is 0. The highest BCUT2D eigenvalue weighted by atomic mass is 35.5. The molecule has 7 nitrogen and oxygen atoms in total. The number of amides is 2. The summed E-state index contributed by atoms with van der Waals surface area (Å²) in [6.07, 6.45) is 4.31. The van der Waals surface area contributed by atoms with Gasteiger partial charge in [0.05, 0.1) is 17.8 Å². The molecule has 0 unspecified atom stereocenters. The molecule has 0 fully saturated rings. The monoisotopic (exact) mass is 562 g/mol. The molecule has 0 atom stereocenters. The van der Waals surface area contributed by atoms with Crippen molar-refractivity contribution in [1.82, 2.24) is 14.8 Å². The van der Waals surface area contributed by atoms with Gasteiger partial charge in [-0.25, -0.2) is 9.37 Å². The number of ether oxygens (including phenoxy) is 1. The van der Waals surface area contributed by atoms with Gasteiger partial charge in [0.25, 0.3) is 11.8 Å². The van der Waals surface area contributed by atoms with Gasteiger partial charge in [0.15, 0.2) is 0 Å². The summed E-state index contributed by atoms with van der Waals surface area (Å²) in [5, 5.41) is 3.01. The van der Waals surface area contributed by atoms with Crippen LogP contribution in [0.4, 0.5) is 10.1 Å². The Morgan fingerprint density at radius 2 is 1.93 bits per heavy atom. The number of benzene rings is 2. The number of rotatable bonds is 5. The second kappa shape index (κ2) is 11.1. The van der Waals surface area contributed by atoms with Crippen LogP contribution in [-0.2, 0) is 22.4 Å². The molecule has 2 aromatic carbocycles. The topological polar surface area (TPSA) is 74.8 Å². The summed E-state index contributed by atoms with van der Waals surface area (Å²) in [5.74, 6) is -0.537.